The highest BCUT2D eigenvalue weighted by molar-refractivity contribution is 7.22. The average molecular weight is 234 g/mol. The number of carbonyl (C=O) groups is 1. The number of aliphatic imine (C=N–C) groups is 1. The van der Waals surface area contributed by atoms with Crippen LogP contribution in [-0.4, -0.2) is 24.1 Å². The molecule has 16 heavy (non-hydrogen) atoms. The van der Waals surface area contributed by atoms with Gasteiger partial charge in [0.05, 0.1) is 22.9 Å². The van der Waals surface area contributed by atoms with Gasteiger partial charge in [0.2, 0.25) is 11.2 Å². The highest BCUT2D eigenvalue weighted by atomic mass is 32.1. The topological polar surface area (TPSA) is 68.6 Å². The van der Waals surface area contributed by atoms with Crippen LogP contribution in [0.2, 0.25) is 0 Å². The summed E-state index contributed by atoms with van der Waals surface area (Å²) in [5.41, 5.74) is 1.13. The molecule has 0 saturated carbocycles. The molecule has 0 amide bonds. The highest BCUT2D eigenvalue weighted by Gasteiger charge is 2.08. The van der Waals surface area contributed by atoms with Crippen molar-refractivity contribution in [3.8, 4) is 0 Å². The highest BCUT2D eigenvalue weighted by Crippen LogP contribution is 2.28. The maximum absolute atomic E-state index is 11.3. The maximum atomic E-state index is 11.3. The van der Waals surface area contributed by atoms with Crippen molar-refractivity contribution in [2.24, 2.45) is 4.99 Å². The number of benzene rings is 1. The molecule has 0 spiro atoms. The van der Waals surface area contributed by atoms with Crippen molar-refractivity contribution < 1.29 is 14.3 Å². The second kappa shape index (κ2) is 4.22. The Morgan fingerprint density at radius 3 is 3.06 bits per heavy atom. The van der Waals surface area contributed by atoms with Gasteiger partial charge in [-0.3, -0.25) is 0 Å². The van der Waals surface area contributed by atoms with Gasteiger partial charge in [0.1, 0.15) is 0 Å². The van der Waals surface area contributed by atoms with E-state index in [0.717, 1.165) is 4.70 Å². The Hall–Kier alpha value is -2.04. The number of methoxy groups -OCH3 is 1. The molecule has 0 bridgehead atoms. The van der Waals surface area contributed by atoms with Crippen LogP contribution in [-0.2, 0) is 9.53 Å². The van der Waals surface area contributed by atoms with Crippen molar-refractivity contribution in [1.29, 1.82) is 0 Å². The molecule has 2 rings (SSSR count). The van der Waals surface area contributed by atoms with Crippen LogP contribution in [0.4, 0.5) is 5.13 Å². The van der Waals surface area contributed by atoms with Gasteiger partial charge in [-0.2, -0.15) is 0 Å². The fourth-order valence-electron chi connectivity index (χ4n) is 1.24. The molecule has 80 valence electrons. The molecule has 0 saturated heterocycles. The molecule has 0 N–H and O–H groups in total. The zero-order valence-corrected chi connectivity index (χ0v) is 9.08. The number of rotatable bonds is 2. The van der Waals surface area contributed by atoms with E-state index in [1.54, 1.807) is 18.2 Å². The summed E-state index contributed by atoms with van der Waals surface area (Å²) in [5, 5.41) is 0.326. The zero-order valence-electron chi connectivity index (χ0n) is 8.26. The van der Waals surface area contributed by atoms with Gasteiger partial charge in [-0.05, 0) is 18.2 Å². The van der Waals surface area contributed by atoms with Gasteiger partial charge in [0.15, 0.2) is 0 Å². The Kier molecular flexibility index (Phi) is 2.76. The number of ether oxygens (including phenoxy) is 1. The third-order valence-corrected chi connectivity index (χ3v) is 2.85. The molecule has 0 aliphatic heterocycles. The summed E-state index contributed by atoms with van der Waals surface area (Å²) in [6.45, 7) is 0. The lowest BCUT2D eigenvalue weighted by molar-refractivity contribution is 0.0601. The van der Waals surface area contributed by atoms with Gasteiger partial charge >= 0.3 is 5.97 Å². The summed E-state index contributed by atoms with van der Waals surface area (Å²) < 4.78 is 5.37. The molecular formula is C10H6N2O3S. The summed E-state index contributed by atoms with van der Waals surface area (Å²) >= 11 is 1.22. The van der Waals surface area contributed by atoms with Gasteiger partial charge in [-0.15, -0.1) is 4.99 Å². The third kappa shape index (κ3) is 1.84. The maximum Gasteiger partial charge on any atom is 0.337 e. The van der Waals surface area contributed by atoms with Crippen molar-refractivity contribution in [2.45, 2.75) is 0 Å². The van der Waals surface area contributed by atoms with Crippen molar-refractivity contribution >= 4 is 38.7 Å². The van der Waals surface area contributed by atoms with E-state index in [1.165, 1.54) is 24.5 Å². The Labute approximate surface area is 94.4 Å². The van der Waals surface area contributed by atoms with Crippen LogP contribution in [0.5, 0.6) is 0 Å². The van der Waals surface area contributed by atoms with E-state index in [0.29, 0.717) is 16.2 Å². The minimum atomic E-state index is -0.407. The number of fused-ring (bicyclic) bond motifs is 1. The average Bonchev–Trinajstić information content (AvgIpc) is 2.69. The number of isocyanates is 1. The molecular weight excluding hydrogens is 228 g/mol. The number of thiazole rings is 1. The van der Waals surface area contributed by atoms with Crippen molar-refractivity contribution in [1.82, 2.24) is 4.98 Å². The van der Waals surface area contributed by atoms with Crippen molar-refractivity contribution in [3.05, 3.63) is 23.8 Å². The van der Waals surface area contributed by atoms with Crippen LogP contribution in [0.15, 0.2) is 23.2 Å². The first-order valence-corrected chi connectivity index (χ1v) is 5.13. The first-order valence-electron chi connectivity index (χ1n) is 4.31. The van der Waals surface area contributed by atoms with Gasteiger partial charge < -0.3 is 4.74 Å². The fourth-order valence-corrected chi connectivity index (χ4v) is 2.07. The minimum absolute atomic E-state index is 0.326. The van der Waals surface area contributed by atoms with Crippen LogP contribution >= 0.6 is 11.3 Å². The Balaban J connectivity index is 2.53. The molecule has 0 aliphatic carbocycles. The molecule has 0 unspecified atom stereocenters. The van der Waals surface area contributed by atoms with Crippen LogP contribution in [0, 0.1) is 0 Å². The van der Waals surface area contributed by atoms with Gasteiger partial charge in [-0.25, -0.2) is 14.6 Å². The molecule has 0 radical (unpaired) electrons. The number of aromatic nitrogens is 1. The standard InChI is InChI=1S/C10H6N2O3S/c1-15-9(14)6-2-3-7-8(4-6)16-10(12-7)11-5-13/h2-4H,1H3. The molecule has 0 aliphatic rings. The summed E-state index contributed by atoms with van der Waals surface area (Å²) in [6.07, 6.45) is 1.42. The minimum Gasteiger partial charge on any atom is -0.465 e. The first-order chi connectivity index (χ1) is 7.74. The van der Waals surface area contributed by atoms with E-state index < -0.39 is 5.97 Å². The molecule has 1 heterocycles. The predicted octanol–water partition coefficient (Wildman–Crippen LogP) is 2.05. The molecule has 1 aromatic carbocycles. The van der Waals surface area contributed by atoms with Crippen molar-refractivity contribution in [2.75, 3.05) is 7.11 Å². The van der Waals surface area contributed by atoms with E-state index in [9.17, 15) is 9.59 Å². The van der Waals surface area contributed by atoms with Gasteiger partial charge in [-0.1, -0.05) is 11.3 Å². The van der Waals surface area contributed by atoms with Gasteiger partial charge in [0, 0.05) is 0 Å². The first kappa shape index (κ1) is 10.5. The quantitative estimate of drug-likeness (QED) is 0.453. The van der Waals surface area contributed by atoms with E-state index in [-0.39, 0.29) is 0 Å². The molecule has 0 fully saturated rings. The lowest BCUT2D eigenvalue weighted by Gasteiger charge is -1.97. The second-order valence-corrected chi connectivity index (χ2v) is 3.88. The van der Waals surface area contributed by atoms with Gasteiger partial charge in [0.25, 0.3) is 0 Å². The lowest BCUT2D eigenvalue weighted by Crippen LogP contribution is -1.99. The monoisotopic (exact) mass is 234 g/mol. The van der Waals surface area contributed by atoms with Crippen LogP contribution in [0.1, 0.15) is 10.4 Å². The van der Waals surface area contributed by atoms with Crippen LogP contribution in [0.25, 0.3) is 10.2 Å². The smallest absolute Gasteiger partial charge is 0.337 e. The molecule has 2 aromatic rings. The number of hydrogen-bond donors (Lipinski definition) is 0. The number of hydrogen-bond acceptors (Lipinski definition) is 6. The van der Waals surface area contributed by atoms with Crippen LogP contribution in [0.3, 0.4) is 0 Å². The largest absolute Gasteiger partial charge is 0.465 e. The van der Waals surface area contributed by atoms with Crippen molar-refractivity contribution in [3.63, 3.8) is 0 Å². The number of nitrogens with zero attached hydrogens (tertiary/aromatic N) is 2. The fraction of sp³-hybridized carbons (Fsp3) is 0.100. The number of carbonyl (C=O) groups excluding carboxylic acids is 2. The predicted molar refractivity (Wildman–Crippen MR) is 58.7 cm³/mol. The lowest BCUT2D eigenvalue weighted by atomic mass is 10.2. The second-order valence-electron chi connectivity index (χ2n) is 2.87. The van der Waals surface area contributed by atoms with Crippen LogP contribution < -0.4 is 0 Å². The Morgan fingerprint density at radius 2 is 2.38 bits per heavy atom. The Morgan fingerprint density at radius 1 is 1.56 bits per heavy atom. The molecule has 0 atom stereocenters. The third-order valence-electron chi connectivity index (χ3n) is 1.94. The SMILES string of the molecule is COC(=O)c1ccc2nc(N=C=O)sc2c1. The summed E-state index contributed by atoms with van der Waals surface area (Å²) in [4.78, 5) is 28.8. The van der Waals surface area contributed by atoms with E-state index in [1.807, 2.05) is 0 Å². The normalized spacial score (nSPS) is 9.81. The van der Waals surface area contributed by atoms with E-state index in [2.05, 4.69) is 14.7 Å². The molecule has 1 aromatic heterocycles. The summed E-state index contributed by atoms with van der Waals surface area (Å²) in [5.74, 6) is -0.407. The zero-order chi connectivity index (χ0) is 11.5. The molecule has 5 nitrogen and oxygen atoms in total. The molecule has 6 heteroatoms. The Bertz CT molecular complexity index is 599. The van der Waals surface area contributed by atoms with E-state index >= 15 is 0 Å². The summed E-state index contributed by atoms with van der Waals surface area (Å²) in [6, 6.07) is 4.95. The number of esters is 1. The summed E-state index contributed by atoms with van der Waals surface area (Å²) in [7, 11) is 1.32. The van der Waals surface area contributed by atoms with E-state index in [4.69, 9.17) is 0 Å².